The van der Waals surface area contributed by atoms with E-state index in [1.165, 1.54) is 5.57 Å². The molecule has 3 N–H and O–H groups in total. The van der Waals surface area contributed by atoms with Crippen LogP contribution in [0.5, 0.6) is 0 Å². The minimum Gasteiger partial charge on any atom is -0.393 e. The molecular weight excluding hydrogens is 342 g/mol. The summed E-state index contributed by atoms with van der Waals surface area (Å²) >= 11 is 0. The molecule has 148 valence electrons. The van der Waals surface area contributed by atoms with Crippen molar-refractivity contribution < 1.29 is 20.1 Å². The molecule has 0 aromatic heterocycles. The molecule has 3 fully saturated rings. The predicted octanol–water partition coefficient (Wildman–Crippen LogP) is 2.06. The molecule has 7 atom stereocenters. The van der Waals surface area contributed by atoms with Crippen LogP contribution in [0.25, 0.3) is 0 Å². The van der Waals surface area contributed by atoms with Crippen molar-refractivity contribution in [2.24, 2.45) is 33.6 Å². The number of rotatable bonds is 2. The summed E-state index contributed by atoms with van der Waals surface area (Å²) in [6.07, 6.45) is 9.28. The van der Waals surface area contributed by atoms with Crippen molar-refractivity contribution in [3.8, 4) is 0 Å². The molecule has 27 heavy (non-hydrogen) atoms. The zero-order valence-corrected chi connectivity index (χ0v) is 16.5. The Balaban J connectivity index is 1.74. The number of nitrogens with zero attached hydrogens (tertiary/aromatic N) is 1. The van der Waals surface area contributed by atoms with E-state index in [0.29, 0.717) is 12.8 Å². The topological polar surface area (TPSA) is 90.1 Å². The summed E-state index contributed by atoms with van der Waals surface area (Å²) in [7, 11) is 1.80. The van der Waals surface area contributed by atoms with Crippen LogP contribution in [-0.4, -0.2) is 52.2 Å². The highest BCUT2D eigenvalue weighted by atomic mass is 16.3. The van der Waals surface area contributed by atoms with Crippen LogP contribution in [0.4, 0.5) is 0 Å². The highest BCUT2D eigenvalue weighted by Gasteiger charge is 2.67. The van der Waals surface area contributed by atoms with Gasteiger partial charge in [-0.2, -0.15) is 0 Å². The van der Waals surface area contributed by atoms with Gasteiger partial charge in [0.05, 0.1) is 11.8 Å². The van der Waals surface area contributed by atoms with Gasteiger partial charge in [-0.3, -0.25) is 9.79 Å². The molecule has 0 aromatic carbocycles. The Morgan fingerprint density at radius 2 is 2.07 bits per heavy atom. The lowest BCUT2D eigenvalue weighted by molar-refractivity contribution is -0.178. The first-order valence-electron chi connectivity index (χ1n) is 10.1. The number of hydrogen-bond donors (Lipinski definition) is 3. The number of fused-ring (bicyclic) bond motifs is 5. The molecule has 0 aliphatic heterocycles. The molecule has 4 aliphatic carbocycles. The van der Waals surface area contributed by atoms with Gasteiger partial charge < -0.3 is 15.3 Å². The van der Waals surface area contributed by atoms with Gasteiger partial charge in [0.1, 0.15) is 12.2 Å². The molecule has 0 heterocycles. The van der Waals surface area contributed by atoms with Gasteiger partial charge >= 0.3 is 0 Å². The monoisotopic (exact) mass is 373 g/mol. The molecule has 3 saturated carbocycles. The molecule has 4 rings (SSSR count). The maximum Gasteiger partial charge on any atom is 0.190 e. The fourth-order valence-corrected chi connectivity index (χ4v) is 7.07. The first-order chi connectivity index (χ1) is 12.7. The van der Waals surface area contributed by atoms with E-state index in [9.17, 15) is 20.1 Å². The average molecular weight is 373 g/mol. The minimum atomic E-state index is -1.53. The summed E-state index contributed by atoms with van der Waals surface area (Å²) in [6, 6.07) is 0. The van der Waals surface area contributed by atoms with E-state index >= 15 is 0 Å². The van der Waals surface area contributed by atoms with E-state index in [4.69, 9.17) is 0 Å². The third-order valence-corrected chi connectivity index (χ3v) is 8.52. The quantitative estimate of drug-likeness (QED) is 0.691. The molecular formula is C22H31NO4. The van der Waals surface area contributed by atoms with Crippen molar-refractivity contribution in [1.82, 2.24) is 0 Å². The highest BCUT2D eigenvalue weighted by Crippen LogP contribution is 2.67. The van der Waals surface area contributed by atoms with Crippen molar-refractivity contribution in [2.75, 3.05) is 13.7 Å². The van der Waals surface area contributed by atoms with Crippen molar-refractivity contribution in [2.45, 2.75) is 57.7 Å². The normalized spacial score (nSPS) is 50.0. The second-order valence-electron chi connectivity index (χ2n) is 9.44. The number of aliphatic hydroxyl groups excluding tert-OH is 2. The summed E-state index contributed by atoms with van der Waals surface area (Å²) < 4.78 is 0. The van der Waals surface area contributed by atoms with Crippen LogP contribution < -0.4 is 0 Å². The molecule has 0 unspecified atom stereocenters. The SMILES string of the molecule is C/N=C1\C=C[C@@]2(C)C(=C1)CC[C@@H]1[C@@H]2[C@@H](O)C[C@@]2(C)[C@H]1CC[C@]2(O)C(=O)CO. The van der Waals surface area contributed by atoms with Gasteiger partial charge in [0.2, 0.25) is 0 Å². The van der Waals surface area contributed by atoms with Gasteiger partial charge in [0.15, 0.2) is 5.78 Å². The number of hydrogen-bond acceptors (Lipinski definition) is 5. The van der Waals surface area contributed by atoms with Gasteiger partial charge in [0.25, 0.3) is 0 Å². The van der Waals surface area contributed by atoms with E-state index in [1.54, 1.807) is 7.05 Å². The van der Waals surface area contributed by atoms with Crippen LogP contribution in [0.15, 0.2) is 28.8 Å². The van der Waals surface area contributed by atoms with Crippen molar-refractivity contribution >= 4 is 11.5 Å². The molecule has 0 amide bonds. The van der Waals surface area contributed by atoms with E-state index < -0.39 is 29.5 Å². The van der Waals surface area contributed by atoms with Gasteiger partial charge in [-0.05, 0) is 56.1 Å². The maximum atomic E-state index is 12.4. The molecule has 0 bridgehead atoms. The Morgan fingerprint density at radius 3 is 2.74 bits per heavy atom. The molecule has 0 spiro atoms. The summed E-state index contributed by atoms with van der Waals surface area (Å²) in [6.45, 7) is 3.52. The largest absolute Gasteiger partial charge is 0.393 e. The Kier molecular flexibility index (Phi) is 4.30. The third-order valence-electron chi connectivity index (χ3n) is 8.52. The number of aliphatic hydroxyl groups is 3. The van der Waals surface area contributed by atoms with E-state index in [0.717, 1.165) is 25.0 Å². The van der Waals surface area contributed by atoms with E-state index in [-0.39, 0.29) is 23.2 Å². The lowest BCUT2D eigenvalue weighted by atomic mass is 9.46. The van der Waals surface area contributed by atoms with Gasteiger partial charge in [-0.25, -0.2) is 0 Å². The van der Waals surface area contributed by atoms with Crippen LogP contribution in [0.2, 0.25) is 0 Å². The lowest BCUT2D eigenvalue weighted by Crippen LogP contribution is -2.61. The number of Topliss-reactive ketones (excluding diaryl/α,β-unsaturated/α-hetero) is 1. The smallest absolute Gasteiger partial charge is 0.190 e. The Hall–Kier alpha value is -1.30. The molecule has 0 radical (unpaired) electrons. The Morgan fingerprint density at radius 1 is 1.33 bits per heavy atom. The number of ketones is 1. The summed E-state index contributed by atoms with van der Waals surface area (Å²) in [5.41, 5.74) is -0.118. The molecule has 5 nitrogen and oxygen atoms in total. The number of carbonyl (C=O) groups excluding carboxylic acids is 1. The van der Waals surface area contributed by atoms with Crippen molar-refractivity contribution in [3.63, 3.8) is 0 Å². The average Bonchev–Trinajstić information content (AvgIpc) is 2.91. The molecule has 0 aromatic rings. The van der Waals surface area contributed by atoms with Crippen LogP contribution >= 0.6 is 0 Å². The standard InChI is InChI=1S/C22H31NO4/c1-20-8-6-14(23-3)10-13(20)4-5-15-16-7-9-22(27,18(26)12-24)21(16,2)11-17(25)19(15)20/h6,8,10,15-17,19,24-25,27H,4-5,7,9,11-12H2,1-3H3/b23-14+/t15-,16-,17-,19+,20-,21-,22-/m0/s1. The number of carbonyl (C=O) groups is 1. The first-order valence-corrected chi connectivity index (χ1v) is 10.1. The minimum absolute atomic E-state index is 0.0804. The number of allylic oxidation sites excluding steroid dienone is 4. The maximum absolute atomic E-state index is 12.4. The third kappa shape index (κ3) is 2.34. The summed E-state index contributed by atoms with van der Waals surface area (Å²) in [5, 5.41) is 31.9. The van der Waals surface area contributed by atoms with Gasteiger partial charge in [0, 0.05) is 23.8 Å². The van der Waals surface area contributed by atoms with Crippen LogP contribution in [0.3, 0.4) is 0 Å². The van der Waals surface area contributed by atoms with Crippen LogP contribution in [0, 0.1) is 28.6 Å². The van der Waals surface area contributed by atoms with Crippen molar-refractivity contribution in [1.29, 1.82) is 0 Å². The predicted molar refractivity (Wildman–Crippen MR) is 103 cm³/mol. The van der Waals surface area contributed by atoms with Crippen LogP contribution in [-0.2, 0) is 4.79 Å². The zero-order chi connectivity index (χ0) is 19.6. The highest BCUT2D eigenvalue weighted by molar-refractivity contribution is 6.05. The molecule has 0 saturated heterocycles. The van der Waals surface area contributed by atoms with E-state index in [2.05, 4.69) is 24.1 Å². The van der Waals surface area contributed by atoms with Gasteiger partial charge in [-0.1, -0.05) is 25.5 Å². The van der Waals surface area contributed by atoms with E-state index in [1.807, 2.05) is 13.0 Å². The lowest BCUT2D eigenvalue weighted by Gasteiger charge is -2.59. The first kappa shape index (κ1) is 19.0. The van der Waals surface area contributed by atoms with Gasteiger partial charge in [-0.15, -0.1) is 0 Å². The van der Waals surface area contributed by atoms with Crippen LogP contribution in [0.1, 0.15) is 46.0 Å². The second kappa shape index (κ2) is 6.10. The fraction of sp³-hybridized carbons (Fsp3) is 0.727. The summed E-state index contributed by atoms with van der Waals surface area (Å²) in [4.78, 5) is 16.7. The molecule has 4 aliphatic rings. The summed E-state index contributed by atoms with van der Waals surface area (Å²) in [5.74, 6) is 0.0181. The molecule has 5 heteroatoms. The fourth-order valence-electron chi connectivity index (χ4n) is 7.07. The Bertz CT molecular complexity index is 755. The Labute approximate surface area is 160 Å². The van der Waals surface area contributed by atoms with Crippen molar-refractivity contribution in [3.05, 3.63) is 23.8 Å². The number of aliphatic imine (C=N–C) groups is 1. The zero-order valence-electron chi connectivity index (χ0n) is 16.5. The second-order valence-corrected chi connectivity index (χ2v) is 9.44.